The number of amides is 1. The number of anilines is 2. The van der Waals surface area contributed by atoms with Gasteiger partial charge in [0.1, 0.15) is 12.5 Å². The largest absolute Gasteiger partial charge is 0.453 e. The summed E-state index contributed by atoms with van der Waals surface area (Å²) >= 11 is 0. The molecule has 0 aliphatic carbocycles. The monoisotopic (exact) mass is 501 g/mol. The van der Waals surface area contributed by atoms with Crippen LogP contribution in [0.25, 0.3) is 0 Å². The van der Waals surface area contributed by atoms with Crippen LogP contribution in [0.5, 0.6) is 11.5 Å². The van der Waals surface area contributed by atoms with Crippen molar-refractivity contribution in [2.24, 2.45) is 0 Å². The molecule has 0 aromatic heterocycles. The molecule has 1 saturated heterocycles. The number of nitrogens with two attached hydrogens (primary N) is 1. The lowest BCUT2D eigenvalue weighted by Gasteiger charge is -2.32. The molecule has 0 radical (unpaired) electrons. The molecule has 5 N–H and O–H groups in total. The second-order valence-electron chi connectivity index (χ2n) is 8.39. The summed E-state index contributed by atoms with van der Waals surface area (Å²) in [6.07, 6.45) is 3.03. The molecule has 3 rings (SSSR count). The van der Waals surface area contributed by atoms with E-state index in [2.05, 4.69) is 34.4 Å². The number of carbonyl (C=O) groups is 2. The zero-order valence-corrected chi connectivity index (χ0v) is 22.0. The molecule has 0 atom stereocenters. The Bertz CT molecular complexity index is 874. The Morgan fingerprint density at radius 1 is 1.06 bits per heavy atom. The Balaban J connectivity index is 0.00000154. The fourth-order valence-electron chi connectivity index (χ4n) is 3.71. The van der Waals surface area contributed by atoms with Crippen LogP contribution in [0.2, 0.25) is 0 Å². The van der Waals surface area contributed by atoms with Crippen LogP contribution >= 0.6 is 0 Å². The Labute approximate surface area is 215 Å². The highest BCUT2D eigenvalue weighted by Crippen LogP contribution is 2.36. The molecule has 9 heteroatoms. The van der Waals surface area contributed by atoms with E-state index < -0.39 is 0 Å². The standard InChI is InChI=1S/C25H37N5O2.CH4O.CH2O/c1-3-4-11-27-23-19-20(18-22(26)24(23)32-21-9-6-5-7-10-21)25(31)28-12-8-13-30-16-14-29(2)15-17-30;2*1-2/h5-7,9-10,18-19,27H,3-4,8,11-17,26H2,1-2H3,(H,28,31);2H,1H3;1H2. The maximum absolute atomic E-state index is 12.8. The summed E-state index contributed by atoms with van der Waals surface area (Å²) in [5, 5.41) is 13.4. The minimum absolute atomic E-state index is 0.111. The number of rotatable bonds is 11. The van der Waals surface area contributed by atoms with E-state index in [1.807, 2.05) is 43.2 Å². The predicted octanol–water partition coefficient (Wildman–Crippen LogP) is 3.06. The number of nitrogen functional groups attached to an aromatic ring is 1. The number of para-hydroxylation sites is 1. The molecule has 0 bridgehead atoms. The molecule has 2 aromatic rings. The van der Waals surface area contributed by atoms with Crippen LogP contribution in [0, 0.1) is 0 Å². The molecule has 200 valence electrons. The van der Waals surface area contributed by atoms with E-state index >= 15 is 0 Å². The molecule has 0 unspecified atom stereocenters. The van der Waals surface area contributed by atoms with Gasteiger partial charge in [-0.1, -0.05) is 31.5 Å². The number of hydrogen-bond acceptors (Lipinski definition) is 8. The second-order valence-corrected chi connectivity index (χ2v) is 8.39. The Hall–Kier alpha value is -3.14. The van der Waals surface area contributed by atoms with Crippen LogP contribution in [0.3, 0.4) is 0 Å². The van der Waals surface area contributed by atoms with Gasteiger partial charge in [-0.2, -0.15) is 0 Å². The topological polar surface area (TPSA) is 120 Å². The van der Waals surface area contributed by atoms with E-state index in [1.165, 1.54) is 0 Å². The average Bonchev–Trinajstić information content (AvgIpc) is 2.92. The van der Waals surface area contributed by atoms with Crippen LogP contribution in [0.15, 0.2) is 42.5 Å². The summed E-state index contributed by atoms with van der Waals surface area (Å²) in [4.78, 5) is 25.6. The molecule has 1 amide bonds. The summed E-state index contributed by atoms with van der Waals surface area (Å²) in [5.41, 5.74) is 8.05. The molecule has 9 nitrogen and oxygen atoms in total. The van der Waals surface area contributed by atoms with Gasteiger partial charge in [0.15, 0.2) is 5.75 Å². The van der Waals surface area contributed by atoms with Gasteiger partial charge in [-0.3, -0.25) is 4.79 Å². The molecule has 1 heterocycles. The van der Waals surface area contributed by atoms with Gasteiger partial charge in [-0.15, -0.1) is 0 Å². The minimum Gasteiger partial charge on any atom is -0.453 e. The van der Waals surface area contributed by atoms with E-state index in [4.69, 9.17) is 20.4 Å². The highest BCUT2D eigenvalue weighted by atomic mass is 16.5. The van der Waals surface area contributed by atoms with Crippen LogP contribution < -0.4 is 21.1 Å². The van der Waals surface area contributed by atoms with Gasteiger partial charge in [0.2, 0.25) is 0 Å². The van der Waals surface area contributed by atoms with Crippen molar-refractivity contribution in [1.82, 2.24) is 15.1 Å². The number of likely N-dealkylation sites (N-methyl/N-ethyl adjacent to an activating group) is 1. The first-order chi connectivity index (χ1) is 17.6. The maximum atomic E-state index is 12.8. The van der Waals surface area contributed by atoms with E-state index in [1.54, 1.807) is 6.07 Å². The highest BCUT2D eigenvalue weighted by molar-refractivity contribution is 5.97. The Kier molecular flexibility index (Phi) is 15.6. The molecular formula is C27H43N5O4. The first-order valence-corrected chi connectivity index (χ1v) is 12.4. The quantitative estimate of drug-likeness (QED) is 0.274. The van der Waals surface area contributed by atoms with E-state index in [0.717, 1.165) is 71.3 Å². The minimum atomic E-state index is -0.111. The van der Waals surface area contributed by atoms with Crippen LogP contribution in [-0.4, -0.2) is 87.6 Å². The highest BCUT2D eigenvalue weighted by Gasteiger charge is 2.16. The number of unbranched alkanes of at least 4 members (excludes halogenated alkanes) is 1. The third-order valence-corrected chi connectivity index (χ3v) is 5.72. The number of hydrogen-bond donors (Lipinski definition) is 4. The number of aliphatic hydroxyl groups is 1. The van der Waals surface area contributed by atoms with Crippen molar-refractivity contribution in [2.45, 2.75) is 26.2 Å². The Morgan fingerprint density at radius 2 is 1.72 bits per heavy atom. The van der Waals surface area contributed by atoms with Crippen molar-refractivity contribution in [3.8, 4) is 11.5 Å². The molecule has 1 aliphatic rings. The van der Waals surface area contributed by atoms with Crippen LogP contribution in [0.4, 0.5) is 11.4 Å². The predicted molar refractivity (Wildman–Crippen MR) is 147 cm³/mol. The maximum Gasteiger partial charge on any atom is 0.251 e. The van der Waals surface area contributed by atoms with E-state index in [9.17, 15) is 4.79 Å². The van der Waals surface area contributed by atoms with Crippen molar-refractivity contribution < 1.29 is 19.4 Å². The number of aliphatic hydroxyl groups excluding tert-OH is 1. The van der Waals surface area contributed by atoms with Gasteiger partial charge in [0, 0.05) is 51.9 Å². The molecule has 36 heavy (non-hydrogen) atoms. The lowest BCUT2D eigenvalue weighted by atomic mass is 10.1. The van der Waals surface area contributed by atoms with Crippen molar-refractivity contribution in [3.05, 3.63) is 48.0 Å². The smallest absolute Gasteiger partial charge is 0.251 e. The van der Waals surface area contributed by atoms with E-state index in [-0.39, 0.29) is 5.91 Å². The summed E-state index contributed by atoms with van der Waals surface area (Å²) in [5.74, 6) is 1.15. The number of nitrogens with one attached hydrogen (secondary N) is 2. The zero-order valence-electron chi connectivity index (χ0n) is 22.0. The van der Waals surface area contributed by atoms with Gasteiger partial charge in [0.25, 0.3) is 5.91 Å². The average molecular weight is 502 g/mol. The number of benzene rings is 2. The van der Waals surface area contributed by atoms with Gasteiger partial charge in [0.05, 0.1) is 11.4 Å². The number of ether oxygens (including phenoxy) is 1. The number of piperazine rings is 1. The second kappa shape index (κ2) is 18.2. The third-order valence-electron chi connectivity index (χ3n) is 5.72. The third kappa shape index (κ3) is 10.6. The van der Waals surface area contributed by atoms with Gasteiger partial charge < -0.3 is 40.8 Å². The van der Waals surface area contributed by atoms with Gasteiger partial charge in [-0.25, -0.2) is 0 Å². The summed E-state index contributed by atoms with van der Waals surface area (Å²) < 4.78 is 6.05. The van der Waals surface area contributed by atoms with Crippen molar-refractivity contribution in [2.75, 3.05) is 71.0 Å². The van der Waals surface area contributed by atoms with Crippen molar-refractivity contribution >= 4 is 24.1 Å². The van der Waals surface area contributed by atoms with Crippen molar-refractivity contribution in [3.63, 3.8) is 0 Å². The van der Waals surface area contributed by atoms with Crippen molar-refractivity contribution in [1.29, 1.82) is 0 Å². The number of nitrogens with zero attached hydrogens (tertiary/aromatic N) is 2. The fourth-order valence-corrected chi connectivity index (χ4v) is 3.71. The summed E-state index contributed by atoms with van der Waals surface area (Å²) in [7, 11) is 3.16. The summed E-state index contributed by atoms with van der Waals surface area (Å²) in [6, 6.07) is 13.1. The first kappa shape index (κ1) is 30.9. The normalized spacial score (nSPS) is 13.4. The molecular weight excluding hydrogens is 458 g/mol. The molecule has 1 aliphatic heterocycles. The number of carbonyl (C=O) groups excluding carboxylic acids is 2. The van der Waals surface area contributed by atoms with E-state index in [0.29, 0.717) is 29.3 Å². The summed E-state index contributed by atoms with van der Waals surface area (Å²) in [6.45, 7) is 11.0. The van der Waals surface area contributed by atoms with Gasteiger partial charge in [-0.05, 0) is 50.7 Å². The molecule has 0 spiro atoms. The molecule has 2 aromatic carbocycles. The van der Waals surface area contributed by atoms with Gasteiger partial charge >= 0.3 is 0 Å². The van der Waals surface area contributed by atoms with Crippen LogP contribution in [-0.2, 0) is 4.79 Å². The van der Waals surface area contributed by atoms with Crippen LogP contribution in [0.1, 0.15) is 36.5 Å². The lowest BCUT2D eigenvalue weighted by molar-refractivity contribution is -0.0980. The molecule has 0 saturated carbocycles. The Morgan fingerprint density at radius 3 is 2.36 bits per heavy atom. The lowest BCUT2D eigenvalue weighted by Crippen LogP contribution is -2.45. The SMILES string of the molecule is C=O.CCCCNc1cc(C(=O)NCCCN2CCN(C)CC2)cc(N)c1Oc1ccccc1.CO. The molecule has 1 fully saturated rings. The first-order valence-electron chi connectivity index (χ1n) is 12.4. The fraction of sp³-hybridized carbons (Fsp3) is 0.481. The zero-order chi connectivity index (χ0) is 26.8.